The van der Waals surface area contributed by atoms with Crippen molar-refractivity contribution in [3.05, 3.63) is 51.4 Å². The van der Waals surface area contributed by atoms with E-state index in [0.717, 1.165) is 4.90 Å². The number of ketones is 1. The largest absolute Gasteiger partial charge is 0.301 e. The van der Waals surface area contributed by atoms with Gasteiger partial charge in [-0.15, -0.1) is 0 Å². The highest BCUT2D eigenvalue weighted by molar-refractivity contribution is 7.99. The first-order valence-electron chi connectivity index (χ1n) is 5.10. The molecular weight excluding hydrogens is 272 g/mol. The lowest BCUT2D eigenvalue weighted by molar-refractivity contribution is 0.101. The SMILES string of the molecule is CC(=O)c1ccc(Sc2nccc(=O)[nH]2)cc1Cl. The molecule has 2 aromatic rings. The van der Waals surface area contributed by atoms with Gasteiger partial charge in [-0.05, 0) is 25.1 Å². The number of carbonyl (C=O) groups excluding carboxylic acids is 1. The van der Waals surface area contributed by atoms with E-state index < -0.39 is 0 Å². The molecule has 0 saturated heterocycles. The molecule has 1 aromatic carbocycles. The molecule has 92 valence electrons. The van der Waals surface area contributed by atoms with E-state index in [2.05, 4.69) is 9.97 Å². The van der Waals surface area contributed by atoms with Crippen LogP contribution in [0.15, 0.2) is 45.3 Å². The van der Waals surface area contributed by atoms with Gasteiger partial charge < -0.3 is 4.98 Å². The fourth-order valence-corrected chi connectivity index (χ4v) is 2.54. The lowest BCUT2D eigenvalue weighted by atomic mass is 10.1. The molecule has 0 unspecified atom stereocenters. The maximum Gasteiger partial charge on any atom is 0.251 e. The Morgan fingerprint density at radius 2 is 2.17 bits per heavy atom. The fraction of sp³-hybridized carbons (Fsp3) is 0.0833. The van der Waals surface area contributed by atoms with Gasteiger partial charge in [0.2, 0.25) is 0 Å². The Kier molecular flexibility index (Phi) is 3.84. The van der Waals surface area contributed by atoms with E-state index in [1.54, 1.807) is 18.2 Å². The van der Waals surface area contributed by atoms with Crippen LogP contribution in [0, 0.1) is 0 Å². The molecule has 0 spiro atoms. The van der Waals surface area contributed by atoms with Gasteiger partial charge in [0.1, 0.15) is 0 Å². The van der Waals surface area contributed by atoms with Crippen molar-refractivity contribution in [2.45, 2.75) is 17.0 Å². The number of aromatic nitrogens is 2. The number of benzene rings is 1. The molecule has 0 saturated carbocycles. The Balaban J connectivity index is 2.28. The van der Waals surface area contributed by atoms with Gasteiger partial charge in [-0.3, -0.25) is 9.59 Å². The Hall–Kier alpha value is -1.59. The highest BCUT2D eigenvalue weighted by Crippen LogP contribution is 2.28. The predicted octanol–water partition coefficient (Wildman–Crippen LogP) is 2.78. The molecular formula is C12H9ClN2O2S. The highest BCUT2D eigenvalue weighted by Gasteiger charge is 2.07. The molecule has 1 heterocycles. The summed E-state index contributed by atoms with van der Waals surface area (Å²) >= 11 is 7.27. The summed E-state index contributed by atoms with van der Waals surface area (Å²) in [7, 11) is 0. The highest BCUT2D eigenvalue weighted by atomic mass is 35.5. The average Bonchev–Trinajstić information content (AvgIpc) is 2.28. The number of halogens is 1. The second-order valence-electron chi connectivity index (χ2n) is 3.54. The summed E-state index contributed by atoms with van der Waals surface area (Å²) in [5, 5.41) is 0.875. The van der Waals surface area contributed by atoms with E-state index in [0.29, 0.717) is 15.7 Å². The lowest BCUT2D eigenvalue weighted by Crippen LogP contribution is -2.05. The van der Waals surface area contributed by atoms with Crippen LogP contribution in [-0.2, 0) is 0 Å². The first-order chi connectivity index (χ1) is 8.56. The normalized spacial score (nSPS) is 10.3. The van der Waals surface area contributed by atoms with E-state index >= 15 is 0 Å². The number of nitrogens with zero attached hydrogens (tertiary/aromatic N) is 1. The first kappa shape index (κ1) is 12.9. The maximum atomic E-state index is 11.2. The van der Waals surface area contributed by atoms with Crippen LogP contribution < -0.4 is 5.56 Å². The maximum absolute atomic E-state index is 11.2. The molecule has 6 heteroatoms. The number of rotatable bonds is 3. The van der Waals surface area contributed by atoms with Crippen molar-refractivity contribution in [3.63, 3.8) is 0 Å². The number of Topliss-reactive ketones (excluding diaryl/α,β-unsaturated/α-hetero) is 1. The fourth-order valence-electron chi connectivity index (χ4n) is 1.36. The molecule has 4 nitrogen and oxygen atoms in total. The number of H-pyrrole nitrogens is 1. The third kappa shape index (κ3) is 3.00. The summed E-state index contributed by atoms with van der Waals surface area (Å²) in [5.74, 6) is -0.0807. The molecule has 2 rings (SSSR count). The van der Waals surface area contributed by atoms with Crippen molar-refractivity contribution in [1.82, 2.24) is 9.97 Å². The van der Waals surface area contributed by atoms with E-state index in [1.165, 1.54) is 30.9 Å². The van der Waals surface area contributed by atoms with Crippen molar-refractivity contribution in [3.8, 4) is 0 Å². The van der Waals surface area contributed by atoms with Crippen LogP contribution in [-0.4, -0.2) is 15.8 Å². The van der Waals surface area contributed by atoms with Crippen LogP contribution in [0.2, 0.25) is 5.02 Å². The molecule has 0 aliphatic heterocycles. The molecule has 0 fully saturated rings. The van der Waals surface area contributed by atoms with E-state index in [1.807, 2.05) is 0 Å². The minimum absolute atomic E-state index is 0.0807. The molecule has 1 aromatic heterocycles. The minimum atomic E-state index is -0.209. The predicted molar refractivity (Wildman–Crippen MR) is 70.4 cm³/mol. The minimum Gasteiger partial charge on any atom is -0.301 e. The summed E-state index contributed by atoms with van der Waals surface area (Å²) in [6.07, 6.45) is 1.44. The Morgan fingerprint density at radius 3 is 2.78 bits per heavy atom. The second-order valence-corrected chi connectivity index (χ2v) is 5.01. The van der Waals surface area contributed by atoms with Gasteiger partial charge in [-0.1, -0.05) is 23.4 Å². The molecule has 18 heavy (non-hydrogen) atoms. The zero-order valence-electron chi connectivity index (χ0n) is 9.44. The van der Waals surface area contributed by atoms with Crippen LogP contribution >= 0.6 is 23.4 Å². The summed E-state index contributed by atoms with van der Waals surface area (Å²) in [6, 6.07) is 6.44. The summed E-state index contributed by atoms with van der Waals surface area (Å²) in [4.78, 5) is 29.8. The molecule has 0 bridgehead atoms. The van der Waals surface area contributed by atoms with Gasteiger partial charge in [0.05, 0.1) is 5.02 Å². The monoisotopic (exact) mass is 280 g/mol. The third-order valence-electron chi connectivity index (χ3n) is 2.18. The summed E-state index contributed by atoms with van der Waals surface area (Å²) in [6.45, 7) is 1.46. The van der Waals surface area contributed by atoms with Crippen molar-refractivity contribution in [2.75, 3.05) is 0 Å². The smallest absolute Gasteiger partial charge is 0.251 e. The van der Waals surface area contributed by atoms with Crippen LogP contribution in [0.25, 0.3) is 0 Å². The number of aromatic amines is 1. The molecule has 0 atom stereocenters. The van der Waals surface area contributed by atoms with Crippen molar-refractivity contribution in [2.24, 2.45) is 0 Å². The zero-order valence-corrected chi connectivity index (χ0v) is 11.0. The molecule has 0 radical (unpaired) electrons. The van der Waals surface area contributed by atoms with Gasteiger partial charge in [-0.25, -0.2) is 4.98 Å². The Bertz CT molecular complexity index is 655. The molecule has 1 N–H and O–H groups in total. The van der Waals surface area contributed by atoms with E-state index in [9.17, 15) is 9.59 Å². The third-order valence-corrected chi connectivity index (χ3v) is 3.39. The molecule has 0 aliphatic rings. The van der Waals surface area contributed by atoms with Crippen LogP contribution in [0.3, 0.4) is 0 Å². The average molecular weight is 281 g/mol. The first-order valence-corrected chi connectivity index (χ1v) is 6.29. The number of carbonyl (C=O) groups is 1. The molecule has 0 amide bonds. The molecule has 0 aliphatic carbocycles. The number of hydrogen-bond acceptors (Lipinski definition) is 4. The van der Waals surface area contributed by atoms with Crippen LogP contribution in [0.4, 0.5) is 0 Å². The zero-order chi connectivity index (χ0) is 13.1. The summed E-state index contributed by atoms with van der Waals surface area (Å²) in [5.41, 5.74) is 0.273. The Morgan fingerprint density at radius 1 is 1.39 bits per heavy atom. The van der Waals surface area contributed by atoms with Gasteiger partial charge >= 0.3 is 0 Å². The van der Waals surface area contributed by atoms with Crippen molar-refractivity contribution < 1.29 is 4.79 Å². The summed E-state index contributed by atoms with van der Waals surface area (Å²) < 4.78 is 0. The van der Waals surface area contributed by atoms with E-state index in [4.69, 9.17) is 11.6 Å². The van der Waals surface area contributed by atoms with Gasteiger partial charge in [0, 0.05) is 22.7 Å². The van der Waals surface area contributed by atoms with Gasteiger partial charge in [-0.2, -0.15) is 0 Å². The standard InChI is InChI=1S/C12H9ClN2O2S/c1-7(16)9-3-2-8(6-10(9)13)18-12-14-5-4-11(17)15-12/h2-6H,1H3,(H,14,15,17). The lowest BCUT2D eigenvalue weighted by Gasteiger charge is -2.03. The Labute approximate surface area is 112 Å². The number of nitrogens with one attached hydrogen (secondary N) is 1. The van der Waals surface area contributed by atoms with Gasteiger partial charge in [0.15, 0.2) is 10.9 Å². The van der Waals surface area contributed by atoms with E-state index in [-0.39, 0.29) is 11.3 Å². The van der Waals surface area contributed by atoms with Crippen LogP contribution in [0.1, 0.15) is 17.3 Å². The number of hydrogen-bond donors (Lipinski definition) is 1. The quantitative estimate of drug-likeness (QED) is 0.694. The van der Waals surface area contributed by atoms with Crippen molar-refractivity contribution >= 4 is 29.1 Å². The topological polar surface area (TPSA) is 62.8 Å². The van der Waals surface area contributed by atoms with Gasteiger partial charge in [0.25, 0.3) is 5.56 Å². The second kappa shape index (κ2) is 5.37. The van der Waals surface area contributed by atoms with Crippen molar-refractivity contribution in [1.29, 1.82) is 0 Å². The van der Waals surface area contributed by atoms with Crippen LogP contribution in [0.5, 0.6) is 0 Å².